The maximum absolute atomic E-state index is 12.8. The quantitative estimate of drug-likeness (QED) is 0.0809. The zero-order chi connectivity index (χ0) is 31.3. The minimum Gasteiger partial charge on any atom is -0.490 e. The van der Waals surface area contributed by atoms with E-state index in [0.29, 0.717) is 5.92 Å². The maximum atomic E-state index is 12.8. The molecule has 0 radical (unpaired) electrons. The molecule has 0 aromatic carbocycles. The lowest BCUT2D eigenvalue weighted by Gasteiger charge is -2.42. The molecule has 248 valence electrons. The Balaban J connectivity index is 1.85. The van der Waals surface area contributed by atoms with Gasteiger partial charge in [0.1, 0.15) is 11.8 Å². The molecule has 1 aromatic heterocycles. The highest BCUT2D eigenvalue weighted by atomic mass is 32.1. The van der Waals surface area contributed by atoms with E-state index in [1.165, 1.54) is 113 Å². The number of aromatic nitrogens is 1. The fourth-order valence-electron chi connectivity index (χ4n) is 6.47. The van der Waals surface area contributed by atoms with E-state index in [0.717, 1.165) is 56.6 Å². The molecule has 1 aliphatic carbocycles. The van der Waals surface area contributed by atoms with Crippen LogP contribution in [0.15, 0.2) is 11.5 Å². The first kappa shape index (κ1) is 37.8. The lowest BCUT2D eigenvalue weighted by atomic mass is 9.66. The molecule has 0 saturated heterocycles. The van der Waals surface area contributed by atoms with Crippen LogP contribution in [0.2, 0.25) is 0 Å². The molecule has 0 saturated carbocycles. The average Bonchev–Trinajstić information content (AvgIpc) is 3.47. The summed E-state index contributed by atoms with van der Waals surface area (Å²) in [7, 11) is 0. The van der Waals surface area contributed by atoms with Gasteiger partial charge < -0.3 is 9.47 Å². The Labute approximate surface area is 270 Å². The Hall–Kier alpha value is -1.36. The molecule has 0 fully saturated rings. The molecule has 0 aliphatic heterocycles. The van der Waals surface area contributed by atoms with E-state index in [9.17, 15) is 4.79 Å². The number of carbonyl (C=O) groups excluding carboxylic acids is 1. The molecule has 2 atom stereocenters. The van der Waals surface area contributed by atoms with Crippen LogP contribution in [0.25, 0.3) is 5.57 Å². The van der Waals surface area contributed by atoms with Gasteiger partial charge in [-0.25, -0.2) is 0 Å². The van der Waals surface area contributed by atoms with E-state index in [2.05, 4.69) is 39.2 Å². The third-order valence-corrected chi connectivity index (χ3v) is 10.3. The topological polar surface area (TPSA) is 48.4 Å². The molecule has 2 rings (SSSR count). The first-order chi connectivity index (χ1) is 20.8. The number of nitrogens with zero attached hydrogens (tertiary/aromatic N) is 1. The summed E-state index contributed by atoms with van der Waals surface area (Å²) in [4.78, 5) is 12.8. The molecule has 0 spiro atoms. The first-order valence-electron chi connectivity index (χ1n) is 18.3. The second kappa shape index (κ2) is 22.2. The van der Waals surface area contributed by atoms with Gasteiger partial charge in [-0.15, -0.1) is 0 Å². The van der Waals surface area contributed by atoms with Crippen LogP contribution in [0.4, 0.5) is 0 Å². The number of allylic oxidation sites excluding steroid dienone is 2. The molecule has 0 bridgehead atoms. The Morgan fingerprint density at radius 1 is 0.884 bits per heavy atom. The van der Waals surface area contributed by atoms with Crippen LogP contribution < -0.4 is 4.74 Å². The molecule has 4 nitrogen and oxygen atoms in total. The molecular formula is C38H67NO3S. The highest BCUT2D eigenvalue weighted by molar-refractivity contribution is 7.04. The predicted octanol–water partition coefficient (Wildman–Crippen LogP) is 12.4. The van der Waals surface area contributed by atoms with Crippen molar-refractivity contribution in [2.45, 2.75) is 182 Å². The predicted molar refractivity (Wildman–Crippen MR) is 186 cm³/mol. The van der Waals surface area contributed by atoms with Crippen LogP contribution >= 0.6 is 11.5 Å². The van der Waals surface area contributed by atoms with Crippen molar-refractivity contribution in [1.29, 1.82) is 0 Å². The number of unbranched alkanes of at least 4 members (excludes halogenated alkanes) is 15. The number of hydrogen-bond acceptors (Lipinski definition) is 5. The van der Waals surface area contributed by atoms with Gasteiger partial charge in [0.2, 0.25) is 0 Å². The van der Waals surface area contributed by atoms with Crippen molar-refractivity contribution in [3.63, 3.8) is 0 Å². The Morgan fingerprint density at radius 3 is 2.02 bits per heavy atom. The van der Waals surface area contributed by atoms with Gasteiger partial charge in [-0.05, 0) is 61.5 Å². The van der Waals surface area contributed by atoms with Crippen molar-refractivity contribution in [3.05, 3.63) is 17.2 Å². The van der Waals surface area contributed by atoms with Crippen LogP contribution in [-0.4, -0.2) is 23.1 Å². The zero-order valence-electron chi connectivity index (χ0n) is 29.0. The molecule has 1 heterocycles. The summed E-state index contributed by atoms with van der Waals surface area (Å²) in [6.07, 6.45) is 28.8. The third kappa shape index (κ3) is 14.5. The van der Waals surface area contributed by atoms with Gasteiger partial charge in [-0.2, -0.15) is 4.37 Å². The minimum atomic E-state index is -0.0988. The SMILES string of the molecule is CCCCCCCCCCCCCCCC(OC(=O)C(C)C)C(C)(C)C1CCC=C(c2nscc2OCCCCCC)C1. The summed E-state index contributed by atoms with van der Waals surface area (Å²) in [5.41, 5.74) is 2.25. The number of rotatable bonds is 25. The number of carbonyl (C=O) groups is 1. The normalized spacial score (nSPS) is 16.3. The molecule has 1 aromatic rings. The van der Waals surface area contributed by atoms with Crippen molar-refractivity contribution in [2.75, 3.05) is 6.61 Å². The second-order valence-corrected chi connectivity index (χ2v) is 14.7. The third-order valence-electron chi connectivity index (χ3n) is 9.65. The fourth-order valence-corrected chi connectivity index (χ4v) is 7.11. The molecule has 43 heavy (non-hydrogen) atoms. The highest BCUT2D eigenvalue weighted by Crippen LogP contribution is 2.46. The van der Waals surface area contributed by atoms with Crippen molar-refractivity contribution >= 4 is 23.1 Å². The van der Waals surface area contributed by atoms with Gasteiger partial charge in [0.25, 0.3) is 0 Å². The fraction of sp³-hybridized carbons (Fsp3) is 0.842. The summed E-state index contributed by atoms with van der Waals surface area (Å²) < 4.78 is 17.2. The lowest BCUT2D eigenvalue weighted by molar-refractivity contribution is -0.162. The van der Waals surface area contributed by atoms with E-state index in [-0.39, 0.29) is 23.4 Å². The van der Waals surface area contributed by atoms with Gasteiger partial charge >= 0.3 is 5.97 Å². The van der Waals surface area contributed by atoms with Crippen LogP contribution in [0, 0.1) is 17.3 Å². The zero-order valence-corrected chi connectivity index (χ0v) is 29.8. The minimum absolute atomic E-state index is 0.0517. The Morgan fingerprint density at radius 2 is 1.44 bits per heavy atom. The van der Waals surface area contributed by atoms with E-state index in [1.54, 1.807) is 0 Å². The number of ether oxygens (including phenoxy) is 2. The Bertz CT molecular complexity index is 890. The summed E-state index contributed by atoms with van der Waals surface area (Å²) >= 11 is 1.50. The summed E-state index contributed by atoms with van der Waals surface area (Å²) in [5.74, 6) is 1.23. The van der Waals surface area contributed by atoms with Gasteiger partial charge in [0, 0.05) is 5.41 Å². The lowest BCUT2D eigenvalue weighted by Crippen LogP contribution is -2.41. The van der Waals surface area contributed by atoms with Crippen molar-refractivity contribution in [2.24, 2.45) is 17.3 Å². The van der Waals surface area contributed by atoms with Gasteiger partial charge in [-0.3, -0.25) is 4.79 Å². The summed E-state index contributed by atoms with van der Waals surface area (Å²) in [6, 6.07) is 0. The summed E-state index contributed by atoms with van der Waals surface area (Å²) in [5, 5.41) is 2.06. The standard InChI is InChI=1S/C38H67NO3S/c1-7-9-11-13-14-15-16-17-18-19-20-21-22-27-35(42-37(40)31(3)4)38(5,6)33-26-24-25-32(29-33)36-34(30-43-39-36)41-28-23-12-10-8-2/h25,30-31,33,35H,7-24,26-29H2,1-6H3. The maximum Gasteiger partial charge on any atom is 0.308 e. The van der Waals surface area contributed by atoms with Crippen LogP contribution in [0.5, 0.6) is 5.75 Å². The van der Waals surface area contributed by atoms with E-state index in [4.69, 9.17) is 13.8 Å². The largest absolute Gasteiger partial charge is 0.490 e. The van der Waals surface area contributed by atoms with E-state index >= 15 is 0 Å². The van der Waals surface area contributed by atoms with E-state index < -0.39 is 0 Å². The molecular weight excluding hydrogens is 550 g/mol. The van der Waals surface area contributed by atoms with Crippen LogP contribution in [0.3, 0.4) is 0 Å². The highest BCUT2D eigenvalue weighted by Gasteiger charge is 2.41. The summed E-state index contributed by atoms with van der Waals surface area (Å²) in [6.45, 7) is 13.9. The molecule has 5 heteroatoms. The second-order valence-electron chi connectivity index (χ2n) is 14.1. The van der Waals surface area contributed by atoms with Gasteiger partial charge in [0.05, 0.1) is 17.9 Å². The van der Waals surface area contributed by atoms with Gasteiger partial charge in [-0.1, -0.05) is 144 Å². The monoisotopic (exact) mass is 617 g/mol. The number of esters is 1. The average molecular weight is 618 g/mol. The van der Waals surface area contributed by atoms with Gasteiger partial charge in [0.15, 0.2) is 5.75 Å². The van der Waals surface area contributed by atoms with E-state index in [1.807, 2.05) is 13.8 Å². The molecule has 0 amide bonds. The Kier molecular flexibility index (Phi) is 19.5. The number of hydrogen-bond donors (Lipinski definition) is 0. The molecule has 1 aliphatic rings. The molecule has 0 N–H and O–H groups in total. The van der Waals surface area contributed by atoms with Crippen LogP contribution in [-0.2, 0) is 9.53 Å². The van der Waals surface area contributed by atoms with Crippen molar-refractivity contribution in [3.8, 4) is 5.75 Å². The van der Waals surface area contributed by atoms with Crippen LogP contribution in [0.1, 0.15) is 182 Å². The smallest absolute Gasteiger partial charge is 0.308 e. The van der Waals surface area contributed by atoms with Crippen molar-refractivity contribution in [1.82, 2.24) is 4.37 Å². The first-order valence-corrected chi connectivity index (χ1v) is 19.1. The van der Waals surface area contributed by atoms with Crippen molar-refractivity contribution < 1.29 is 14.3 Å². The molecule has 2 unspecified atom stereocenters.